The number of nitrogens with zero attached hydrogens (tertiary/aromatic N) is 5. The Kier molecular flexibility index (Phi) is 4.20. The molecule has 1 aliphatic rings. The van der Waals surface area contributed by atoms with Crippen molar-refractivity contribution in [2.75, 3.05) is 13.1 Å². The van der Waals surface area contributed by atoms with Gasteiger partial charge in [-0.25, -0.2) is 13.1 Å². The van der Waals surface area contributed by atoms with Crippen LogP contribution in [0.4, 0.5) is 0 Å². The highest BCUT2D eigenvalue weighted by atomic mass is 32.2. The van der Waals surface area contributed by atoms with Crippen LogP contribution in [-0.4, -0.2) is 45.4 Å². The van der Waals surface area contributed by atoms with Gasteiger partial charge in [-0.05, 0) is 13.0 Å². The van der Waals surface area contributed by atoms with E-state index in [1.807, 2.05) is 30.3 Å². The lowest BCUT2D eigenvalue weighted by molar-refractivity contribution is 0.186. The van der Waals surface area contributed by atoms with Crippen LogP contribution in [0, 0.1) is 6.92 Å². The van der Waals surface area contributed by atoms with Gasteiger partial charge in [-0.3, -0.25) is 9.48 Å². The molecule has 27 heavy (non-hydrogen) atoms. The summed E-state index contributed by atoms with van der Waals surface area (Å²) in [5, 5.41) is 8.44. The first-order chi connectivity index (χ1) is 12.9. The minimum absolute atomic E-state index is 0.196. The summed E-state index contributed by atoms with van der Waals surface area (Å²) in [5.74, 6) is 0. The molecule has 140 valence electrons. The molecule has 1 saturated heterocycles. The third-order valence-corrected chi connectivity index (χ3v) is 6.81. The van der Waals surface area contributed by atoms with Crippen molar-refractivity contribution in [3.8, 4) is 11.3 Å². The highest BCUT2D eigenvalue weighted by molar-refractivity contribution is 7.89. The number of hydrogen-bond acceptors (Lipinski definition) is 5. The predicted molar refractivity (Wildman–Crippen MR) is 99.7 cm³/mol. The fraction of sp³-hybridized carbons (Fsp3) is 0.278. The van der Waals surface area contributed by atoms with Gasteiger partial charge < -0.3 is 0 Å². The van der Waals surface area contributed by atoms with Crippen molar-refractivity contribution in [2.45, 2.75) is 17.9 Å². The molecule has 0 aliphatic carbocycles. The van der Waals surface area contributed by atoms with Crippen molar-refractivity contribution in [2.24, 2.45) is 7.05 Å². The summed E-state index contributed by atoms with van der Waals surface area (Å²) < 4.78 is 29.8. The van der Waals surface area contributed by atoms with E-state index in [0.717, 1.165) is 5.56 Å². The zero-order valence-corrected chi connectivity index (χ0v) is 15.8. The number of aryl methyl sites for hydroxylation is 1. The second kappa shape index (κ2) is 6.43. The Balaban J connectivity index is 1.58. The van der Waals surface area contributed by atoms with Gasteiger partial charge in [0, 0.05) is 31.8 Å². The molecule has 9 heteroatoms. The van der Waals surface area contributed by atoms with Crippen LogP contribution in [0.3, 0.4) is 0 Å². The van der Waals surface area contributed by atoms with Crippen LogP contribution in [0.1, 0.15) is 11.7 Å². The molecule has 1 aliphatic heterocycles. The predicted octanol–water partition coefficient (Wildman–Crippen LogP) is 1.20. The van der Waals surface area contributed by atoms with Crippen LogP contribution in [0.15, 0.2) is 58.4 Å². The normalized spacial score (nSPS) is 15.6. The fourth-order valence-corrected chi connectivity index (χ4v) is 4.79. The molecule has 0 radical (unpaired) electrons. The molecule has 3 heterocycles. The number of aromatic nitrogens is 4. The maximum atomic E-state index is 12.8. The highest BCUT2D eigenvalue weighted by Gasteiger charge is 2.40. The molecule has 4 rings (SSSR count). The Morgan fingerprint density at radius 3 is 2.41 bits per heavy atom. The Labute approximate surface area is 156 Å². The lowest BCUT2D eigenvalue weighted by Gasteiger charge is -2.38. The van der Waals surface area contributed by atoms with E-state index in [9.17, 15) is 13.2 Å². The molecule has 0 amide bonds. The van der Waals surface area contributed by atoms with Crippen molar-refractivity contribution in [3.05, 3.63) is 64.7 Å². The SMILES string of the molecule is Cc1c(S(=O)(=O)N2CC(n3nc(-c4ccccc4)ccc3=O)C2)cnn1C. The van der Waals surface area contributed by atoms with E-state index in [2.05, 4.69) is 10.2 Å². The van der Waals surface area contributed by atoms with Gasteiger partial charge in [0.2, 0.25) is 10.0 Å². The summed E-state index contributed by atoms with van der Waals surface area (Å²) in [6.45, 7) is 2.14. The summed E-state index contributed by atoms with van der Waals surface area (Å²) in [6.07, 6.45) is 1.36. The van der Waals surface area contributed by atoms with Crippen molar-refractivity contribution >= 4 is 10.0 Å². The summed E-state index contributed by atoms with van der Waals surface area (Å²) >= 11 is 0. The summed E-state index contributed by atoms with van der Waals surface area (Å²) in [5.41, 5.74) is 1.93. The van der Waals surface area contributed by atoms with Gasteiger partial charge in [-0.2, -0.15) is 14.5 Å². The van der Waals surface area contributed by atoms with E-state index in [-0.39, 0.29) is 29.6 Å². The highest BCUT2D eigenvalue weighted by Crippen LogP contribution is 2.28. The van der Waals surface area contributed by atoms with Crippen molar-refractivity contribution in [1.29, 1.82) is 0 Å². The first kappa shape index (κ1) is 17.6. The van der Waals surface area contributed by atoms with E-state index in [0.29, 0.717) is 11.4 Å². The molecule has 8 nitrogen and oxygen atoms in total. The van der Waals surface area contributed by atoms with Gasteiger partial charge in [-0.1, -0.05) is 30.3 Å². The van der Waals surface area contributed by atoms with E-state index in [4.69, 9.17) is 0 Å². The zero-order chi connectivity index (χ0) is 19.2. The van der Waals surface area contributed by atoms with Crippen molar-refractivity contribution in [3.63, 3.8) is 0 Å². The molecule has 0 spiro atoms. The molecule has 0 atom stereocenters. The molecule has 1 aromatic carbocycles. The molecule has 2 aromatic heterocycles. The topological polar surface area (TPSA) is 90.1 Å². The van der Waals surface area contributed by atoms with Gasteiger partial charge in [0.05, 0.1) is 23.6 Å². The zero-order valence-electron chi connectivity index (χ0n) is 15.0. The smallest absolute Gasteiger partial charge is 0.267 e. The minimum atomic E-state index is -3.62. The van der Waals surface area contributed by atoms with Crippen LogP contribution in [0.5, 0.6) is 0 Å². The molecular formula is C18H19N5O3S. The molecule has 0 unspecified atom stereocenters. The molecule has 0 bridgehead atoms. The van der Waals surface area contributed by atoms with Gasteiger partial charge >= 0.3 is 0 Å². The number of rotatable bonds is 4. The lowest BCUT2D eigenvalue weighted by Crippen LogP contribution is -2.53. The van der Waals surface area contributed by atoms with Gasteiger partial charge in [0.1, 0.15) is 4.90 Å². The largest absolute Gasteiger partial charge is 0.272 e. The van der Waals surface area contributed by atoms with Crippen LogP contribution >= 0.6 is 0 Å². The maximum absolute atomic E-state index is 12.8. The Hall–Kier alpha value is -2.78. The molecule has 0 saturated carbocycles. The second-order valence-corrected chi connectivity index (χ2v) is 8.47. The first-order valence-corrected chi connectivity index (χ1v) is 9.96. The lowest BCUT2D eigenvalue weighted by atomic mass is 10.1. The average Bonchev–Trinajstić information content (AvgIpc) is 2.95. The fourth-order valence-electron chi connectivity index (χ4n) is 3.09. The number of benzene rings is 1. The number of hydrogen-bond donors (Lipinski definition) is 0. The number of sulfonamides is 1. The monoisotopic (exact) mass is 385 g/mol. The molecule has 3 aromatic rings. The second-order valence-electron chi connectivity index (χ2n) is 6.56. The van der Waals surface area contributed by atoms with E-state index in [1.165, 1.54) is 25.9 Å². The van der Waals surface area contributed by atoms with Crippen LogP contribution in [0.2, 0.25) is 0 Å². The van der Waals surface area contributed by atoms with Gasteiger partial charge in [-0.15, -0.1) is 0 Å². The quantitative estimate of drug-likeness (QED) is 0.673. The summed E-state index contributed by atoms with van der Waals surface area (Å²) in [4.78, 5) is 12.4. The van der Waals surface area contributed by atoms with Gasteiger partial charge in [0.15, 0.2) is 0 Å². The first-order valence-electron chi connectivity index (χ1n) is 8.52. The minimum Gasteiger partial charge on any atom is -0.272 e. The van der Waals surface area contributed by atoms with E-state index in [1.54, 1.807) is 20.0 Å². The Morgan fingerprint density at radius 2 is 1.78 bits per heavy atom. The van der Waals surface area contributed by atoms with Crippen molar-refractivity contribution < 1.29 is 8.42 Å². The summed E-state index contributed by atoms with van der Waals surface area (Å²) in [6, 6.07) is 12.4. The standard InChI is InChI=1S/C18H19N5O3S/c1-13-17(10-19-21(13)2)27(25,26)22-11-15(12-22)23-18(24)9-8-16(20-23)14-6-4-3-5-7-14/h3-10,15H,11-12H2,1-2H3. The van der Waals surface area contributed by atoms with Crippen LogP contribution < -0.4 is 5.56 Å². The maximum Gasteiger partial charge on any atom is 0.267 e. The van der Waals surface area contributed by atoms with E-state index < -0.39 is 10.0 Å². The summed E-state index contributed by atoms with van der Waals surface area (Å²) in [7, 11) is -1.92. The average molecular weight is 385 g/mol. The van der Waals surface area contributed by atoms with Crippen molar-refractivity contribution in [1.82, 2.24) is 23.9 Å². The molecule has 0 N–H and O–H groups in total. The molecule has 1 fully saturated rings. The molecular weight excluding hydrogens is 366 g/mol. The van der Waals surface area contributed by atoms with Crippen LogP contribution in [0.25, 0.3) is 11.3 Å². The van der Waals surface area contributed by atoms with Gasteiger partial charge in [0.25, 0.3) is 5.56 Å². The Bertz CT molecular complexity index is 1150. The third-order valence-electron chi connectivity index (χ3n) is 4.88. The Morgan fingerprint density at radius 1 is 1.07 bits per heavy atom. The van der Waals surface area contributed by atoms with Crippen LogP contribution in [-0.2, 0) is 17.1 Å². The van der Waals surface area contributed by atoms with E-state index >= 15 is 0 Å². The third kappa shape index (κ3) is 2.98.